The molecule has 0 saturated carbocycles. The minimum atomic E-state index is -1.04. The number of carboxylic acid groups (broad SMARTS) is 1. The lowest BCUT2D eigenvalue weighted by atomic mass is 10.1. The number of aromatic nitrogens is 1. The topological polar surface area (TPSA) is 70.5 Å². The van der Waals surface area contributed by atoms with E-state index in [1.165, 1.54) is 18.5 Å². The molecule has 5 nitrogen and oxygen atoms in total. The number of rotatable bonds is 4. The van der Waals surface area contributed by atoms with Gasteiger partial charge < -0.3 is 10.0 Å². The zero-order chi connectivity index (χ0) is 13.7. The summed E-state index contributed by atoms with van der Waals surface area (Å²) in [6, 6.07) is 1.71. The Hall–Kier alpha value is -2.17. The second-order valence-electron chi connectivity index (χ2n) is 4.19. The van der Waals surface area contributed by atoms with E-state index in [1.807, 2.05) is 13.8 Å². The van der Waals surface area contributed by atoms with Crippen molar-refractivity contribution in [3.63, 3.8) is 0 Å². The van der Waals surface area contributed by atoms with Gasteiger partial charge in [0.15, 0.2) is 0 Å². The average molecular weight is 248 g/mol. The summed E-state index contributed by atoms with van der Waals surface area (Å²) >= 11 is 0. The van der Waals surface area contributed by atoms with Crippen LogP contribution in [0, 0.1) is 0 Å². The first-order valence-corrected chi connectivity index (χ1v) is 5.55. The average Bonchev–Trinajstić information content (AvgIpc) is 2.34. The van der Waals surface area contributed by atoms with Crippen LogP contribution in [0.25, 0.3) is 6.08 Å². The summed E-state index contributed by atoms with van der Waals surface area (Å²) < 4.78 is 0. The molecular weight excluding hydrogens is 232 g/mol. The van der Waals surface area contributed by atoms with Gasteiger partial charge in [0.2, 0.25) is 0 Å². The number of amides is 1. The van der Waals surface area contributed by atoms with Crippen molar-refractivity contribution in [1.29, 1.82) is 0 Å². The van der Waals surface area contributed by atoms with Crippen LogP contribution in [0.15, 0.2) is 24.5 Å². The summed E-state index contributed by atoms with van der Waals surface area (Å²) in [5.41, 5.74) is 1.03. The highest BCUT2D eigenvalue weighted by molar-refractivity contribution is 5.94. The van der Waals surface area contributed by atoms with Crippen molar-refractivity contribution in [1.82, 2.24) is 9.88 Å². The molecule has 1 amide bonds. The zero-order valence-corrected chi connectivity index (χ0v) is 10.6. The Balaban J connectivity index is 2.95. The smallest absolute Gasteiger partial charge is 0.328 e. The van der Waals surface area contributed by atoms with E-state index in [9.17, 15) is 9.59 Å². The number of nitrogens with zero attached hydrogens (tertiary/aromatic N) is 2. The standard InChI is InChI=1S/C13H16N2O3/c1-9(2)15(3)13(18)11-6-10(7-14-8-11)4-5-12(16)17/h4-9H,1-3H3,(H,16,17). The Labute approximate surface area is 106 Å². The van der Waals surface area contributed by atoms with Crippen molar-refractivity contribution in [2.24, 2.45) is 0 Å². The van der Waals surface area contributed by atoms with Crippen LogP contribution in [-0.4, -0.2) is 40.0 Å². The van der Waals surface area contributed by atoms with Crippen molar-refractivity contribution in [2.75, 3.05) is 7.05 Å². The largest absolute Gasteiger partial charge is 0.478 e. The molecule has 5 heteroatoms. The Morgan fingerprint density at radius 3 is 2.61 bits per heavy atom. The van der Waals surface area contributed by atoms with Crippen LogP contribution >= 0.6 is 0 Å². The lowest BCUT2D eigenvalue weighted by molar-refractivity contribution is -0.131. The van der Waals surface area contributed by atoms with Gasteiger partial charge in [-0.1, -0.05) is 0 Å². The second kappa shape index (κ2) is 5.95. The highest BCUT2D eigenvalue weighted by Crippen LogP contribution is 2.09. The van der Waals surface area contributed by atoms with E-state index in [2.05, 4.69) is 4.98 Å². The summed E-state index contributed by atoms with van der Waals surface area (Å²) in [6.07, 6.45) is 5.39. The predicted molar refractivity (Wildman–Crippen MR) is 68.1 cm³/mol. The van der Waals surface area contributed by atoms with E-state index in [1.54, 1.807) is 18.0 Å². The lowest BCUT2D eigenvalue weighted by Gasteiger charge is -2.21. The van der Waals surface area contributed by atoms with Gasteiger partial charge in [0, 0.05) is 31.6 Å². The Kier molecular flexibility index (Phi) is 4.59. The van der Waals surface area contributed by atoms with Crippen LogP contribution in [0.4, 0.5) is 0 Å². The van der Waals surface area contributed by atoms with Gasteiger partial charge in [-0.3, -0.25) is 9.78 Å². The quantitative estimate of drug-likeness (QED) is 0.823. The minimum absolute atomic E-state index is 0.0933. The van der Waals surface area contributed by atoms with Gasteiger partial charge in [-0.25, -0.2) is 4.79 Å². The van der Waals surface area contributed by atoms with E-state index >= 15 is 0 Å². The predicted octanol–water partition coefficient (Wildman–Crippen LogP) is 1.66. The van der Waals surface area contributed by atoms with Crippen molar-refractivity contribution in [3.05, 3.63) is 35.7 Å². The summed E-state index contributed by atoms with van der Waals surface area (Å²) in [4.78, 5) is 28.0. The maximum atomic E-state index is 12.0. The third kappa shape index (κ3) is 3.69. The van der Waals surface area contributed by atoms with E-state index in [-0.39, 0.29) is 11.9 Å². The number of aliphatic carboxylic acids is 1. The molecule has 0 spiro atoms. The number of hydrogen-bond donors (Lipinski definition) is 1. The molecule has 0 atom stereocenters. The lowest BCUT2D eigenvalue weighted by Crippen LogP contribution is -2.33. The first-order valence-electron chi connectivity index (χ1n) is 5.55. The number of pyridine rings is 1. The van der Waals surface area contributed by atoms with Gasteiger partial charge in [-0.15, -0.1) is 0 Å². The van der Waals surface area contributed by atoms with Crippen molar-refractivity contribution in [2.45, 2.75) is 19.9 Å². The molecule has 0 bridgehead atoms. The third-order valence-corrected chi connectivity index (χ3v) is 2.52. The van der Waals surface area contributed by atoms with Crippen LogP contribution in [0.1, 0.15) is 29.8 Å². The third-order valence-electron chi connectivity index (χ3n) is 2.52. The molecule has 18 heavy (non-hydrogen) atoms. The maximum Gasteiger partial charge on any atom is 0.328 e. The van der Waals surface area contributed by atoms with Gasteiger partial charge >= 0.3 is 5.97 Å². The molecule has 0 saturated heterocycles. The SMILES string of the molecule is CC(C)N(C)C(=O)c1cncc(C=CC(=O)O)c1. The molecule has 0 radical (unpaired) electrons. The molecule has 0 aliphatic carbocycles. The van der Waals surface area contributed by atoms with E-state index in [4.69, 9.17) is 5.11 Å². The molecule has 0 aliphatic heterocycles. The fourth-order valence-corrected chi connectivity index (χ4v) is 1.27. The van der Waals surface area contributed by atoms with Crippen LogP contribution in [0.5, 0.6) is 0 Å². The summed E-state index contributed by atoms with van der Waals surface area (Å²) in [7, 11) is 1.72. The molecule has 1 rings (SSSR count). The molecule has 1 N–H and O–H groups in total. The monoisotopic (exact) mass is 248 g/mol. The van der Waals surface area contributed by atoms with Crippen molar-refractivity contribution in [3.8, 4) is 0 Å². The highest BCUT2D eigenvalue weighted by atomic mass is 16.4. The summed E-state index contributed by atoms with van der Waals surface area (Å²) in [5.74, 6) is -1.17. The molecular formula is C13H16N2O3. The van der Waals surface area contributed by atoms with Gasteiger partial charge in [0.25, 0.3) is 5.91 Å². The van der Waals surface area contributed by atoms with E-state index < -0.39 is 5.97 Å². The van der Waals surface area contributed by atoms with Gasteiger partial charge in [-0.2, -0.15) is 0 Å². The van der Waals surface area contributed by atoms with Gasteiger partial charge in [0.05, 0.1) is 5.56 Å². The first kappa shape index (κ1) is 13.9. The summed E-state index contributed by atoms with van der Waals surface area (Å²) in [5, 5.41) is 8.53. The molecule has 0 fully saturated rings. The van der Waals surface area contributed by atoms with Crippen LogP contribution in [0.3, 0.4) is 0 Å². The second-order valence-corrected chi connectivity index (χ2v) is 4.19. The molecule has 0 unspecified atom stereocenters. The van der Waals surface area contributed by atoms with E-state index in [0.29, 0.717) is 11.1 Å². The van der Waals surface area contributed by atoms with Gasteiger partial charge in [0.1, 0.15) is 0 Å². The first-order chi connectivity index (χ1) is 8.41. The molecule has 96 valence electrons. The molecule has 0 aliphatic rings. The Bertz CT molecular complexity index is 481. The normalized spacial score (nSPS) is 10.9. The number of carboxylic acids is 1. The van der Waals surface area contributed by atoms with Crippen molar-refractivity contribution < 1.29 is 14.7 Å². The minimum Gasteiger partial charge on any atom is -0.478 e. The van der Waals surface area contributed by atoms with E-state index in [0.717, 1.165) is 6.08 Å². The fourth-order valence-electron chi connectivity index (χ4n) is 1.27. The number of hydrogen-bond acceptors (Lipinski definition) is 3. The van der Waals surface area contributed by atoms with Crippen LogP contribution in [-0.2, 0) is 4.79 Å². The maximum absolute atomic E-state index is 12.0. The Morgan fingerprint density at radius 1 is 1.39 bits per heavy atom. The zero-order valence-electron chi connectivity index (χ0n) is 10.6. The molecule has 0 aromatic carbocycles. The molecule has 1 heterocycles. The fraction of sp³-hybridized carbons (Fsp3) is 0.308. The Morgan fingerprint density at radius 2 is 2.06 bits per heavy atom. The van der Waals surface area contributed by atoms with Crippen molar-refractivity contribution >= 4 is 18.0 Å². The number of carbonyl (C=O) groups excluding carboxylic acids is 1. The molecule has 1 aromatic rings. The van der Waals surface area contributed by atoms with Crippen LogP contribution in [0.2, 0.25) is 0 Å². The van der Waals surface area contributed by atoms with Crippen LogP contribution < -0.4 is 0 Å². The van der Waals surface area contributed by atoms with Gasteiger partial charge in [-0.05, 0) is 31.6 Å². The highest BCUT2D eigenvalue weighted by Gasteiger charge is 2.14. The molecule has 1 aromatic heterocycles. The summed E-state index contributed by atoms with van der Waals surface area (Å²) in [6.45, 7) is 3.83. The number of carbonyl (C=O) groups is 2.